The summed E-state index contributed by atoms with van der Waals surface area (Å²) < 4.78 is 5.34. The summed E-state index contributed by atoms with van der Waals surface area (Å²) in [6, 6.07) is 8.42. The molecular weight excluding hydrogens is 198 g/mol. The predicted molar refractivity (Wildman–Crippen MR) is 68.8 cm³/mol. The third kappa shape index (κ3) is 3.70. The van der Waals surface area contributed by atoms with Crippen molar-refractivity contribution in [3.63, 3.8) is 0 Å². The van der Waals surface area contributed by atoms with Crippen LogP contribution in [0.2, 0.25) is 0 Å². The van der Waals surface area contributed by atoms with Gasteiger partial charge in [-0.2, -0.15) is 0 Å². The molecule has 2 nitrogen and oxygen atoms in total. The molecule has 0 fully saturated rings. The second-order valence-electron chi connectivity index (χ2n) is 4.15. The first-order valence-corrected chi connectivity index (χ1v) is 5.64. The van der Waals surface area contributed by atoms with Crippen LogP contribution in [0.25, 0.3) is 0 Å². The van der Waals surface area contributed by atoms with Crippen LogP contribution in [0, 0.1) is 0 Å². The molecule has 1 aromatic carbocycles. The summed E-state index contributed by atoms with van der Waals surface area (Å²) in [7, 11) is 1.71. The van der Waals surface area contributed by atoms with Gasteiger partial charge in [0, 0.05) is 18.2 Å². The molecule has 0 bridgehead atoms. The molecule has 0 aromatic heterocycles. The van der Waals surface area contributed by atoms with Gasteiger partial charge in [0.25, 0.3) is 0 Å². The Morgan fingerprint density at radius 3 is 2.69 bits per heavy atom. The van der Waals surface area contributed by atoms with Crippen LogP contribution in [0.1, 0.15) is 32.4 Å². The molecule has 1 rings (SSSR count). The van der Waals surface area contributed by atoms with Crippen LogP contribution in [-0.4, -0.2) is 13.7 Å². The molecule has 0 amide bonds. The SMILES string of the molecule is COc1ccccc1[C@@H](C)NCC=C(C)C. The maximum atomic E-state index is 5.34. The number of hydrogen-bond donors (Lipinski definition) is 1. The monoisotopic (exact) mass is 219 g/mol. The van der Waals surface area contributed by atoms with E-state index in [1.165, 1.54) is 11.1 Å². The zero-order valence-corrected chi connectivity index (χ0v) is 10.6. The number of ether oxygens (including phenoxy) is 1. The van der Waals surface area contributed by atoms with E-state index in [-0.39, 0.29) is 0 Å². The molecule has 0 heterocycles. The van der Waals surface area contributed by atoms with Crippen molar-refractivity contribution in [2.24, 2.45) is 0 Å². The van der Waals surface area contributed by atoms with E-state index in [0.29, 0.717) is 6.04 Å². The summed E-state index contributed by atoms with van der Waals surface area (Å²) in [6.45, 7) is 7.25. The molecule has 16 heavy (non-hydrogen) atoms. The first kappa shape index (κ1) is 12.8. The number of nitrogens with one attached hydrogen (secondary N) is 1. The molecule has 0 aliphatic carbocycles. The Hall–Kier alpha value is -1.28. The van der Waals surface area contributed by atoms with E-state index in [1.807, 2.05) is 18.2 Å². The molecule has 0 unspecified atom stereocenters. The molecule has 0 aliphatic heterocycles. The van der Waals surface area contributed by atoms with Crippen LogP contribution < -0.4 is 10.1 Å². The van der Waals surface area contributed by atoms with Crippen LogP contribution in [0.5, 0.6) is 5.75 Å². The summed E-state index contributed by atoms with van der Waals surface area (Å²) in [5, 5.41) is 3.45. The lowest BCUT2D eigenvalue weighted by molar-refractivity contribution is 0.403. The van der Waals surface area contributed by atoms with Gasteiger partial charge in [0.05, 0.1) is 7.11 Å². The van der Waals surface area contributed by atoms with Crippen molar-refractivity contribution in [3.8, 4) is 5.75 Å². The third-order valence-corrected chi connectivity index (χ3v) is 2.54. The first-order chi connectivity index (χ1) is 7.65. The lowest BCUT2D eigenvalue weighted by Crippen LogP contribution is -2.19. The minimum absolute atomic E-state index is 0.298. The van der Waals surface area contributed by atoms with E-state index in [0.717, 1.165) is 12.3 Å². The summed E-state index contributed by atoms with van der Waals surface area (Å²) >= 11 is 0. The highest BCUT2D eigenvalue weighted by molar-refractivity contribution is 5.35. The van der Waals surface area contributed by atoms with Crippen molar-refractivity contribution in [2.75, 3.05) is 13.7 Å². The molecule has 0 saturated carbocycles. The zero-order chi connectivity index (χ0) is 12.0. The Bertz CT molecular complexity index is 354. The molecule has 1 aromatic rings. The summed E-state index contributed by atoms with van der Waals surface area (Å²) in [4.78, 5) is 0. The van der Waals surface area contributed by atoms with Crippen LogP contribution in [0.4, 0.5) is 0 Å². The average Bonchev–Trinajstić information content (AvgIpc) is 2.28. The van der Waals surface area contributed by atoms with Gasteiger partial charge in [-0.3, -0.25) is 0 Å². The van der Waals surface area contributed by atoms with E-state index >= 15 is 0 Å². The van der Waals surface area contributed by atoms with E-state index in [2.05, 4.69) is 38.2 Å². The van der Waals surface area contributed by atoms with Crippen molar-refractivity contribution < 1.29 is 4.74 Å². The minimum atomic E-state index is 0.298. The van der Waals surface area contributed by atoms with Crippen LogP contribution in [-0.2, 0) is 0 Å². The zero-order valence-electron chi connectivity index (χ0n) is 10.6. The van der Waals surface area contributed by atoms with Gasteiger partial charge < -0.3 is 10.1 Å². The largest absolute Gasteiger partial charge is 0.496 e. The molecule has 1 N–H and O–H groups in total. The normalized spacial score (nSPS) is 12.0. The molecule has 0 radical (unpaired) electrons. The summed E-state index contributed by atoms with van der Waals surface area (Å²) in [5.74, 6) is 0.944. The molecule has 88 valence electrons. The van der Waals surface area contributed by atoms with Crippen molar-refractivity contribution in [1.29, 1.82) is 0 Å². The van der Waals surface area contributed by atoms with Gasteiger partial charge in [-0.15, -0.1) is 0 Å². The van der Waals surface area contributed by atoms with Gasteiger partial charge in [-0.25, -0.2) is 0 Å². The van der Waals surface area contributed by atoms with Crippen molar-refractivity contribution in [3.05, 3.63) is 41.5 Å². The van der Waals surface area contributed by atoms with Gasteiger partial charge in [0.2, 0.25) is 0 Å². The fourth-order valence-corrected chi connectivity index (χ4v) is 1.57. The molecule has 0 saturated heterocycles. The van der Waals surface area contributed by atoms with Crippen molar-refractivity contribution >= 4 is 0 Å². The van der Waals surface area contributed by atoms with E-state index in [1.54, 1.807) is 7.11 Å². The number of para-hydroxylation sites is 1. The fraction of sp³-hybridized carbons (Fsp3) is 0.429. The Morgan fingerprint density at radius 1 is 1.38 bits per heavy atom. The number of hydrogen-bond acceptors (Lipinski definition) is 2. The van der Waals surface area contributed by atoms with Gasteiger partial charge in [-0.05, 0) is 26.8 Å². The molecule has 0 spiro atoms. The van der Waals surface area contributed by atoms with Gasteiger partial charge in [0.1, 0.15) is 5.75 Å². The molecular formula is C14H21NO. The lowest BCUT2D eigenvalue weighted by atomic mass is 10.1. The Kier molecular flexibility index (Phi) is 5.06. The topological polar surface area (TPSA) is 21.3 Å². The summed E-state index contributed by atoms with van der Waals surface area (Å²) in [6.07, 6.45) is 2.19. The number of methoxy groups -OCH3 is 1. The number of allylic oxidation sites excluding steroid dienone is 1. The second-order valence-corrected chi connectivity index (χ2v) is 4.15. The molecule has 1 atom stereocenters. The van der Waals surface area contributed by atoms with Crippen LogP contribution in [0.15, 0.2) is 35.9 Å². The van der Waals surface area contributed by atoms with E-state index in [4.69, 9.17) is 4.74 Å². The first-order valence-electron chi connectivity index (χ1n) is 5.64. The number of benzene rings is 1. The van der Waals surface area contributed by atoms with E-state index < -0.39 is 0 Å². The second kappa shape index (κ2) is 6.33. The Balaban J connectivity index is 2.65. The average molecular weight is 219 g/mol. The third-order valence-electron chi connectivity index (χ3n) is 2.54. The fourth-order valence-electron chi connectivity index (χ4n) is 1.57. The quantitative estimate of drug-likeness (QED) is 0.767. The van der Waals surface area contributed by atoms with Crippen molar-refractivity contribution in [2.45, 2.75) is 26.8 Å². The predicted octanol–water partition coefficient (Wildman–Crippen LogP) is 3.31. The smallest absolute Gasteiger partial charge is 0.123 e. The number of rotatable bonds is 5. The van der Waals surface area contributed by atoms with E-state index in [9.17, 15) is 0 Å². The highest BCUT2D eigenvalue weighted by atomic mass is 16.5. The van der Waals surface area contributed by atoms with Crippen LogP contribution in [0.3, 0.4) is 0 Å². The van der Waals surface area contributed by atoms with Crippen molar-refractivity contribution in [1.82, 2.24) is 5.32 Å². The standard InChI is InChI=1S/C14H21NO/c1-11(2)9-10-15-12(3)13-7-5-6-8-14(13)16-4/h5-9,12,15H,10H2,1-4H3/t12-/m1/s1. The minimum Gasteiger partial charge on any atom is -0.496 e. The highest BCUT2D eigenvalue weighted by Gasteiger charge is 2.08. The Labute approximate surface area is 98.3 Å². The summed E-state index contributed by atoms with van der Waals surface area (Å²) in [5.41, 5.74) is 2.53. The molecule has 2 heteroatoms. The van der Waals surface area contributed by atoms with Gasteiger partial charge in [0.15, 0.2) is 0 Å². The van der Waals surface area contributed by atoms with Crippen LogP contribution >= 0.6 is 0 Å². The molecule has 0 aliphatic rings. The Morgan fingerprint density at radius 2 is 2.06 bits per heavy atom. The maximum absolute atomic E-state index is 5.34. The van der Waals surface area contributed by atoms with Gasteiger partial charge in [-0.1, -0.05) is 29.8 Å². The van der Waals surface area contributed by atoms with Gasteiger partial charge >= 0.3 is 0 Å². The lowest BCUT2D eigenvalue weighted by Gasteiger charge is -2.16. The highest BCUT2D eigenvalue weighted by Crippen LogP contribution is 2.23. The maximum Gasteiger partial charge on any atom is 0.123 e.